The van der Waals surface area contributed by atoms with E-state index in [9.17, 15) is 9.59 Å². The van der Waals surface area contributed by atoms with E-state index in [1.54, 1.807) is 44.2 Å². The van der Waals surface area contributed by atoms with Crippen LogP contribution in [0.2, 0.25) is 0 Å². The molecule has 28 heavy (non-hydrogen) atoms. The molecule has 3 aromatic rings. The highest BCUT2D eigenvalue weighted by Crippen LogP contribution is 2.32. The van der Waals surface area contributed by atoms with Crippen LogP contribution in [0.4, 0.5) is 5.69 Å². The van der Waals surface area contributed by atoms with Gasteiger partial charge in [0, 0.05) is 28.6 Å². The van der Waals surface area contributed by atoms with Crippen molar-refractivity contribution in [2.45, 2.75) is 13.8 Å². The minimum Gasteiger partial charge on any atom is -0.496 e. The number of methoxy groups -OCH3 is 1. The number of amides is 1. The lowest BCUT2D eigenvalue weighted by atomic mass is 10.0. The zero-order valence-electron chi connectivity index (χ0n) is 15.7. The van der Waals surface area contributed by atoms with Gasteiger partial charge in [-0.3, -0.25) is 4.79 Å². The first-order valence-corrected chi connectivity index (χ1v) is 9.13. The molecule has 0 bridgehead atoms. The molecule has 6 nitrogen and oxygen atoms in total. The number of benzene rings is 2. The van der Waals surface area contributed by atoms with E-state index in [1.165, 1.54) is 7.11 Å². The second kappa shape index (κ2) is 8.22. The predicted octanol–water partition coefficient (Wildman–Crippen LogP) is 3.94. The van der Waals surface area contributed by atoms with Crippen LogP contribution in [0, 0.1) is 5.92 Å². The van der Waals surface area contributed by atoms with Crippen molar-refractivity contribution < 1.29 is 13.9 Å². The van der Waals surface area contributed by atoms with E-state index in [0.29, 0.717) is 28.1 Å². The maximum absolute atomic E-state index is 12.4. The number of fused-ring (bicyclic) bond motifs is 1. The standard InChI is InChI=1S/C21H20N2O4S/c1-12(2)19(24)23-21(28)22-14-8-9-15(18(11-14)26-3)16-10-13-6-4-5-7-17(13)27-20(16)25/h4-12H,1-3H3,(H2,22,23,24,28). The topological polar surface area (TPSA) is 80.6 Å². The van der Waals surface area contributed by atoms with Gasteiger partial charge in [0.2, 0.25) is 5.91 Å². The monoisotopic (exact) mass is 396 g/mol. The zero-order valence-corrected chi connectivity index (χ0v) is 16.6. The van der Waals surface area contributed by atoms with Crippen molar-refractivity contribution in [3.8, 4) is 16.9 Å². The fourth-order valence-corrected chi connectivity index (χ4v) is 2.88. The molecule has 1 aromatic heterocycles. The molecule has 0 saturated heterocycles. The lowest BCUT2D eigenvalue weighted by Gasteiger charge is -2.14. The minimum absolute atomic E-state index is 0.171. The summed E-state index contributed by atoms with van der Waals surface area (Å²) in [6, 6.07) is 14.3. The minimum atomic E-state index is -0.447. The maximum Gasteiger partial charge on any atom is 0.344 e. The third-order valence-corrected chi connectivity index (χ3v) is 4.36. The number of carbonyl (C=O) groups excluding carboxylic acids is 1. The van der Waals surface area contributed by atoms with E-state index in [0.717, 1.165) is 5.39 Å². The number of carbonyl (C=O) groups is 1. The highest BCUT2D eigenvalue weighted by atomic mass is 32.1. The van der Waals surface area contributed by atoms with Crippen LogP contribution in [0.15, 0.2) is 57.7 Å². The van der Waals surface area contributed by atoms with Crippen molar-refractivity contribution in [3.63, 3.8) is 0 Å². The van der Waals surface area contributed by atoms with Gasteiger partial charge in [0.1, 0.15) is 11.3 Å². The smallest absolute Gasteiger partial charge is 0.344 e. The molecule has 0 saturated carbocycles. The molecule has 0 aliphatic heterocycles. The van der Waals surface area contributed by atoms with Gasteiger partial charge in [0.25, 0.3) is 0 Å². The van der Waals surface area contributed by atoms with E-state index < -0.39 is 5.63 Å². The fraction of sp³-hybridized carbons (Fsp3) is 0.190. The van der Waals surface area contributed by atoms with Crippen molar-refractivity contribution in [3.05, 3.63) is 59.0 Å². The number of para-hydroxylation sites is 1. The van der Waals surface area contributed by atoms with Crippen molar-refractivity contribution >= 4 is 39.9 Å². The molecule has 0 spiro atoms. The molecule has 1 heterocycles. The average molecular weight is 396 g/mol. The van der Waals surface area contributed by atoms with Gasteiger partial charge in [-0.2, -0.15) is 0 Å². The highest BCUT2D eigenvalue weighted by molar-refractivity contribution is 7.80. The normalized spacial score (nSPS) is 10.7. The van der Waals surface area contributed by atoms with Gasteiger partial charge < -0.3 is 19.8 Å². The summed E-state index contributed by atoms with van der Waals surface area (Å²) in [5.74, 6) is 0.129. The number of anilines is 1. The van der Waals surface area contributed by atoms with Crippen LogP contribution in [0.3, 0.4) is 0 Å². The molecular weight excluding hydrogens is 376 g/mol. The molecule has 1 amide bonds. The SMILES string of the molecule is COc1cc(NC(=S)NC(=O)C(C)C)ccc1-c1cc2ccccc2oc1=O. The molecule has 0 aliphatic rings. The van der Waals surface area contributed by atoms with Gasteiger partial charge in [-0.05, 0) is 36.5 Å². The molecule has 144 valence electrons. The summed E-state index contributed by atoms with van der Waals surface area (Å²) in [5.41, 5.74) is 1.71. The van der Waals surface area contributed by atoms with Crippen LogP contribution in [0.5, 0.6) is 5.75 Å². The Morgan fingerprint density at radius 3 is 2.57 bits per heavy atom. The Labute approximate surface area is 167 Å². The van der Waals surface area contributed by atoms with Crippen molar-refractivity contribution in [2.75, 3.05) is 12.4 Å². The van der Waals surface area contributed by atoms with Crippen molar-refractivity contribution in [1.82, 2.24) is 5.32 Å². The Balaban J connectivity index is 1.92. The summed E-state index contributed by atoms with van der Waals surface area (Å²) in [4.78, 5) is 24.2. The van der Waals surface area contributed by atoms with Crippen molar-refractivity contribution in [2.24, 2.45) is 5.92 Å². The Morgan fingerprint density at radius 1 is 1.11 bits per heavy atom. The first-order chi connectivity index (χ1) is 13.4. The molecule has 7 heteroatoms. The second-order valence-electron chi connectivity index (χ2n) is 6.50. The Morgan fingerprint density at radius 2 is 1.86 bits per heavy atom. The summed E-state index contributed by atoms with van der Waals surface area (Å²) in [6.07, 6.45) is 0. The summed E-state index contributed by atoms with van der Waals surface area (Å²) >= 11 is 5.16. The molecule has 0 atom stereocenters. The Kier molecular flexibility index (Phi) is 5.75. The maximum atomic E-state index is 12.4. The number of hydrogen-bond donors (Lipinski definition) is 2. The third kappa shape index (κ3) is 4.20. The quantitative estimate of drug-likeness (QED) is 0.514. The number of rotatable bonds is 4. The first-order valence-electron chi connectivity index (χ1n) is 8.72. The molecule has 0 radical (unpaired) electrons. The van der Waals surface area contributed by atoms with E-state index in [4.69, 9.17) is 21.4 Å². The predicted molar refractivity (Wildman–Crippen MR) is 114 cm³/mol. The summed E-state index contributed by atoms with van der Waals surface area (Å²) in [7, 11) is 1.52. The van der Waals surface area contributed by atoms with Gasteiger partial charge in [0.05, 0.1) is 12.7 Å². The number of hydrogen-bond acceptors (Lipinski definition) is 5. The largest absolute Gasteiger partial charge is 0.496 e. The molecule has 2 aromatic carbocycles. The molecule has 0 aliphatic carbocycles. The van der Waals surface area contributed by atoms with Crippen LogP contribution in [-0.4, -0.2) is 18.1 Å². The van der Waals surface area contributed by atoms with Crippen LogP contribution in [-0.2, 0) is 4.79 Å². The van der Waals surface area contributed by atoms with Crippen molar-refractivity contribution in [1.29, 1.82) is 0 Å². The number of thiocarbonyl (C=S) groups is 1. The first kappa shape index (κ1) is 19.6. The van der Waals surface area contributed by atoms with E-state index >= 15 is 0 Å². The second-order valence-corrected chi connectivity index (χ2v) is 6.91. The third-order valence-electron chi connectivity index (χ3n) is 4.15. The average Bonchev–Trinajstić information content (AvgIpc) is 2.67. The van der Waals surface area contributed by atoms with Gasteiger partial charge in [-0.25, -0.2) is 4.79 Å². The van der Waals surface area contributed by atoms with Crippen LogP contribution >= 0.6 is 12.2 Å². The van der Waals surface area contributed by atoms with Gasteiger partial charge in [0.15, 0.2) is 5.11 Å². The van der Waals surface area contributed by atoms with Gasteiger partial charge >= 0.3 is 5.63 Å². The van der Waals surface area contributed by atoms with E-state index in [-0.39, 0.29) is 16.9 Å². The lowest BCUT2D eigenvalue weighted by Crippen LogP contribution is -2.36. The summed E-state index contributed by atoms with van der Waals surface area (Å²) < 4.78 is 10.9. The van der Waals surface area contributed by atoms with Crippen LogP contribution in [0.1, 0.15) is 13.8 Å². The number of ether oxygens (including phenoxy) is 1. The molecular formula is C21H20N2O4S. The summed E-state index contributed by atoms with van der Waals surface area (Å²) in [6.45, 7) is 3.57. The Hall–Kier alpha value is -3.19. The van der Waals surface area contributed by atoms with E-state index in [2.05, 4.69) is 10.6 Å². The highest BCUT2D eigenvalue weighted by Gasteiger charge is 2.14. The Bertz CT molecular complexity index is 1110. The van der Waals surface area contributed by atoms with E-state index in [1.807, 2.05) is 18.2 Å². The zero-order chi connectivity index (χ0) is 20.3. The molecule has 0 unspecified atom stereocenters. The fourth-order valence-electron chi connectivity index (χ4n) is 2.66. The van der Waals surface area contributed by atoms with Crippen LogP contribution < -0.4 is 21.0 Å². The lowest BCUT2D eigenvalue weighted by molar-refractivity contribution is -0.122. The number of nitrogens with one attached hydrogen (secondary N) is 2. The molecule has 3 rings (SSSR count). The van der Waals surface area contributed by atoms with Gasteiger partial charge in [-0.1, -0.05) is 32.0 Å². The van der Waals surface area contributed by atoms with Crippen LogP contribution in [0.25, 0.3) is 22.1 Å². The molecule has 2 N–H and O–H groups in total. The molecule has 0 fully saturated rings. The summed E-state index contributed by atoms with van der Waals surface area (Å²) in [5, 5.41) is 6.57. The van der Waals surface area contributed by atoms with Gasteiger partial charge in [-0.15, -0.1) is 0 Å².